The highest BCUT2D eigenvalue weighted by molar-refractivity contribution is 5.71. The zero-order chi connectivity index (χ0) is 15.0. The topological polar surface area (TPSA) is 49.8 Å². The third-order valence-electron chi connectivity index (χ3n) is 4.49. The first-order valence-corrected chi connectivity index (χ1v) is 7.87. The maximum atomic E-state index is 11.6. The highest BCUT2D eigenvalue weighted by Crippen LogP contribution is 2.35. The molecule has 1 N–H and O–H groups in total. The molecule has 1 aliphatic carbocycles. The molecule has 2 aliphatic rings. The van der Waals surface area contributed by atoms with Crippen molar-refractivity contribution in [3.8, 4) is 0 Å². The number of rotatable bonds is 2. The van der Waals surface area contributed by atoms with E-state index in [1.165, 1.54) is 0 Å². The smallest absolute Gasteiger partial charge is 0.308 e. The van der Waals surface area contributed by atoms with Crippen molar-refractivity contribution in [3.63, 3.8) is 0 Å². The fourth-order valence-electron chi connectivity index (χ4n) is 4.09. The van der Waals surface area contributed by atoms with Crippen LogP contribution in [0.25, 0.3) is 0 Å². The van der Waals surface area contributed by atoms with E-state index in [9.17, 15) is 9.90 Å². The lowest BCUT2D eigenvalue weighted by atomic mass is 9.89. The van der Waals surface area contributed by atoms with Gasteiger partial charge >= 0.3 is 5.97 Å². The third-order valence-corrected chi connectivity index (χ3v) is 4.49. The molecule has 1 aliphatic heterocycles. The minimum absolute atomic E-state index is 0.164. The lowest BCUT2D eigenvalue weighted by Gasteiger charge is -2.50. The molecule has 1 saturated carbocycles. The fraction of sp³-hybridized carbons (Fsp3) is 0.938. The van der Waals surface area contributed by atoms with Crippen molar-refractivity contribution in [2.45, 2.75) is 77.0 Å². The maximum Gasteiger partial charge on any atom is 0.308 e. The minimum atomic E-state index is -0.626. The Morgan fingerprint density at radius 1 is 1.05 bits per heavy atom. The van der Waals surface area contributed by atoms with Crippen molar-refractivity contribution in [1.29, 1.82) is 0 Å². The molecule has 0 radical (unpaired) electrons. The van der Waals surface area contributed by atoms with Crippen molar-refractivity contribution < 1.29 is 14.6 Å². The van der Waals surface area contributed by atoms with E-state index in [-0.39, 0.29) is 23.2 Å². The molecule has 20 heavy (non-hydrogen) atoms. The maximum absolute atomic E-state index is 11.6. The monoisotopic (exact) mass is 283 g/mol. The van der Waals surface area contributed by atoms with E-state index in [2.05, 4.69) is 32.6 Å². The molecular weight excluding hydrogens is 254 g/mol. The van der Waals surface area contributed by atoms with Gasteiger partial charge in [-0.05, 0) is 40.5 Å². The van der Waals surface area contributed by atoms with Crippen LogP contribution in [0.4, 0.5) is 0 Å². The number of hydrogen-bond donors (Lipinski definition) is 1. The van der Waals surface area contributed by atoms with E-state index >= 15 is 0 Å². The lowest BCUT2D eigenvalue weighted by Crippen LogP contribution is -2.61. The molecule has 2 atom stereocenters. The van der Waals surface area contributed by atoms with Crippen molar-refractivity contribution in [2.75, 3.05) is 13.1 Å². The number of ether oxygens (including phenoxy) is 1. The Morgan fingerprint density at radius 3 is 2.15 bits per heavy atom. The molecule has 4 nitrogen and oxygen atoms in total. The number of carboxylic acid groups (broad SMARTS) is 1. The SMILES string of the molecule is CC1(C)CN(C2CCCCCC2C(=O)O)CC(C)(C)O1. The first-order valence-electron chi connectivity index (χ1n) is 7.87. The molecule has 0 bridgehead atoms. The summed E-state index contributed by atoms with van der Waals surface area (Å²) in [7, 11) is 0. The van der Waals surface area contributed by atoms with Gasteiger partial charge in [0.1, 0.15) is 0 Å². The largest absolute Gasteiger partial charge is 0.481 e. The average molecular weight is 283 g/mol. The van der Waals surface area contributed by atoms with E-state index in [0.717, 1.165) is 45.2 Å². The molecule has 4 heteroatoms. The Balaban J connectivity index is 2.19. The van der Waals surface area contributed by atoms with Gasteiger partial charge in [-0.3, -0.25) is 9.69 Å². The zero-order valence-electron chi connectivity index (χ0n) is 13.3. The summed E-state index contributed by atoms with van der Waals surface area (Å²) in [6.45, 7) is 10.1. The second-order valence-corrected chi connectivity index (χ2v) is 7.68. The summed E-state index contributed by atoms with van der Waals surface area (Å²) in [6.07, 6.45) is 5.18. The van der Waals surface area contributed by atoms with Crippen LogP contribution < -0.4 is 0 Å². The average Bonchev–Trinajstić information content (AvgIpc) is 2.49. The van der Waals surface area contributed by atoms with Gasteiger partial charge in [-0.2, -0.15) is 0 Å². The Morgan fingerprint density at radius 2 is 1.60 bits per heavy atom. The van der Waals surface area contributed by atoms with Crippen LogP contribution in [0, 0.1) is 5.92 Å². The van der Waals surface area contributed by atoms with Crippen LogP contribution in [0.1, 0.15) is 59.8 Å². The Labute approximate surface area is 122 Å². The minimum Gasteiger partial charge on any atom is -0.481 e. The second-order valence-electron chi connectivity index (χ2n) is 7.68. The number of carboxylic acids is 1. The van der Waals surface area contributed by atoms with E-state index in [1.54, 1.807) is 0 Å². The number of hydrogen-bond acceptors (Lipinski definition) is 3. The predicted molar refractivity (Wildman–Crippen MR) is 78.8 cm³/mol. The van der Waals surface area contributed by atoms with Crippen LogP contribution in [-0.4, -0.2) is 46.3 Å². The molecule has 2 rings (SSSR count). The van der Waals surface area contributed by atoms with E-state index in [1.807, 2.05) is 0 Å². The number of morpholine rings is 1. The zero-order valence-corrected chi connectivity index (χ0v) is 13.3. The van der Waals surface area contributed by atoms with Crippen LogP contribution in [-0.2, 0) is 9.53 Å². The molecule has 0 aromatic heterocycles. The van der Waals surface area contributed by atoms with Gasteiger partial charge in [0, 0.05) is 19.1 Å². The van der Waals surface area contributed by atoms with Crippen molar-refractivity contribution in [1.82, 2.24) is 4.90 Å². The highest BCUT2D eigenvalue weighted by Gasteiger charge is 2.43. The van der Waals surface area contributed by atoms with Crippen molar-refractivity contribution in [3.05, 3.63) is 0 Å². The molecular formula is C16H29NO3. The number of aliphatic carboxylic acids is 1. The summed E-state index contributed by atoms with van der Waals surface area (Å²) in [6, 6.07) is 0.164. The molecule has 116 valence electrons. The van der Waals surface area contributed by atoms with Gasteiger partial charge in [-0.25, -0.2) is 0 Å². The van der Waals surface area contributed by atoms with Crippen LogP contribution in [0.3, 0.4) is 0 Å². The van der Waals surface area contributed by atoms with Gasteiger partial charge in [-0.15, -0.1) is 0 Å². The highest BCUT2D eigenvalue weighted by atomic mass is 16.5. The Hall–Kier alpha value is -0.610. The predicted octanol–water partition coefficient (Wildman–Crippen LogP) is 2.91. The van der Waals surface area contributed by atoms with Crippen LogP contribution >= 0.6 is 0 Å². The quantitative estimate of drug-likeness (QED) is 0.792. The van der Waals surface area contributed by atoms with Crippen LogP contribution in [0.5, 0.6) is 0 Å². The molecule has 1 heterocycles. The molecule has 0 aromatic carbocycles. The molecule has 2 fully saturated rings. The van der Waals surface area contributed by atoms with E-state index in [4.69, 9.17) is 4.74 Å². The van der Waals surface area contributed by atoms with Crippen LogP contribution in [0.15, 0.2) is 0 Å². The van der Waals surface area contributed by atoms with E-state index in [0.29, 0.717) is 0 Å². The Kier molecular flexibility index (Phi) is 4.45. The van der Waals surface area contributed by atoms with Crippen molar-refractivity contribution >= 4 is 5.97 Å². The number of nitrogens with zero attached hydrogens (tertiary/aromatic N) is 1. The van der Waals surface area contributed by atoms with Gasteiger partial charge < -0.3 is 9.84 Å². The lowest BCUT2D eigenvalue weighted by molar-refractivity contribution is -0.193. The summed E-state index contributed by atoms with van der Waals surface area (Å²) < 4.78 is 6.12. The van der Waals surface area contributed by atoms with Crippen LogP contribution in [0.2, 0.25) is 0 Å². The Bertz CT molecular complexity index is 349. The van der Waals surface area contributed by atoms with Gasteiger partial charge in [0.2, 0.25) is 0 Å². The standard InChI is InChI=1S/C16H29NO3/c1-15(2)10-17(11-16(3,4)20-15)13-9-7-5-6-8-12(13)14(18)19/h12-13H,5-11H2,1-4H3,(H,18,19). The van der Waals surface area contributed by atoms with Gasteiger partial charge in [-0.1, -0.05) is 19.3 Å². The second kappa shape index (κ2) is 5.64. The summed E-state index contributed by atoms with van der Waals surface area (Å²) in [5.41, 5.74) is -0.422. The third kappa shape index (κ3) is 3.73. The summed E-state index contributed by atoms with van der Waals surface area (Å²) in [4.78, 5) is 14.0. The summed E-state index contributed by atoms with van der Waals surface area (Å²) in [5.74, 6) is -0.846. The fourth-order valence-corrected chi connectivity index (χ4v) is 4.09. The normalized spacial score (nSPS) is 34.4. The molecule has 0 spiro atoms. The molecule has 1 saturated heterocycles. The molecule has 2 unspecified atom stereocenters. The van der Waals surface area contributed by atoms with Gasteiger partial charge in [0.05, 0.1) is 17.1 Å². The van der Waals surface area contributed by atoms with E-state index < -0.39 is 5.97 Å². The molecule has 0 amide bonds. The first kappa shape index (κ1) is 15.8. The molecule has 0 aromatic rings. The summed E-state index contributed by atoms with van der Waals surface area (Å²) in [5, 5.41) is 9.57. The van der Waals surface area contributed by atoms with Gasteiger partial charge in [0.25, 0.3) is 0 Å². The van der Waals surface area contributed by atoms with Crippen molar-refractivity contribution in [2.24, 2.45) is 5.92 Å². The van der Waals surface area contributed by atoms with Gasteiger partial charge in [0.15, 0.2) is 0 Å². The first-order chi connectivity index (χ1) is 9.20. The number of carbonyl (C=O) groups is 1. The summed E-state index contributed by atoms with van der Waals surface area (Å²) >= 11 is 0.